The lowest BCUT2D eigenvalue weighted by Gasteiger charge is -2.13. The molecule has 1 atom stereocenters. The molecule has 0 aromatic heterocycles. The number of nitrogens with one attached hydrogen (secondary N) is 2. The molecule has 3 rings (SSSR count). The van der Waals surface area contributed by atoms with E-state index in [1.54, 1.807) is 7.05 Å². The number of guanidine groups is 1. The van der Waals surface area contributed by atoms with Crippen LogP contribution in [0.2, 0.25) is 0 Å². The normalized spacial score (nSPS) is 25.8. The average Bonchev–Trinajstić information content (AvgIpc) is 3.13. The van der Waals surface area contributed by atoms with E-state index in [4.69, 9.17) is 0 Å². The van der Waals surface area contributed by atoms with E-state index in [1.807, 2.05) is 18.2 Å². The Bertz CT molecular complexity index is 491. The van der Waals surface area contributed by atoms with Crippen molar-refractivity contribution >= 4 is 11.9 Å². The fraction of sp³-hybridized carbons (Fsp3) is 0.385. The number of carbonyl (C=O) groups excluding carboxylic acids is 1. The van der Waals surface area contributed by atoms with Crippen LogP contribution in [0.3, 0.4) is 0 Å². The van der Waals surface area contributed by atoms with Crippen LogP contribution < -0.4 is 10.6 Å². The lowest BCUT2D eigenvalue weighted by molar-refractivity contribution is -0.120. The van der Waals surface area contributed by atoms with Crippen molar-refractivity contribution in [3.8, 4) is 0 Å². The second-order valence-electron chi connectivity index (χ2n) is 4.54. The van der Waals surface area contributed by atoms with Gasteiger partial charge in [0.1, 0.15) is 6.04 Å². The van der Waals surface area contributed by atoms with E-state index >= 15 is 0 Å². The van der Waals surface area contributed by atoms with Crippen molar-refractivity contribution in [3.05, 3.63) is 35.4 Å². The molecule has 4 heteroatoms. The zero-order chi connectivity index (χ0) is 11.8. The highest BCUT2D eigenvalue weighted by atomic mass is 16.2. The van der Waals surface area contributed by atoms with Crippen molar-refractivity contribution in [1.29, 1.82) is 0 Å². The second kappa shape index (κ2) is 3.87. The summed E-state index contributed by atoms with van der Waals surface area (Å²) >= 11 is 0. The van der Waals surface area contributed by atoms with Gasteiger partial charge in [-0.15, -0.1) is 0 Å². The summed E-state index contributed by atoms with van der Waals surface area (Å²) in [5.74, 6) is 1.19. The molecule has 2 aliphatic rings. The maximum Gasteiger partial charge on any atom is 0.253 e. The molecule has 4 nitrogen and oxygen atoms in total. The third kappa shape index (κ3) is 1.79. The van der Waals surface area contributed by atoms with Gasteiger partial charge < -0.3 is 5.32 Å². The van der Waals surface area contributed by atoms with Crippen molar-refractivity contribution in [2.75, 3.05) is 7.05 Å². The Labute approximate surface area is 100 Å². The van der Waals surface area contributed by atoms with E-state index in [1.165, 1.54) is 18.4 Å². The van der Waals surface area contributed by atoms with Gasteiger partial charge in [-0.2, -0.15) is 0 Å². The second-order valence-corrected chi connectivity index (χ2v) is 4.54. The smallest absolute Gasteiger partial charge is 0.253 e. The molecule has 1 aliphatic heterocycles. The Balaban J connectivity index is 1.96. The number of benzene rings is 1. The molecule has 1 aromatic carbocycles. The molecule has 1 amide bonds. The van der Waals surface area contributed by atoms with Gasteiger partial charge in [0.2, 0.25) is 0 Å². The molecular formula is C13H15N3O. The molecule has 88 valence electrons. The number of hydrogen-bond acceptors (Lipinski definition) is 2. The van der Waals surface area contributed by atoms with Crippen LogP contribution in [0.5, 0.6) is 0 Å². The van der Waals surface area contributed by atoms with Crippen molar-refractivity contribution in [2.24, 2.45) is 4.99 Å². The maximum atomic E-state index is 11.9. The standard InChI is InChI=1S/C13H15N3O/c1-14-13-15-11(12(17)16-13)10-5-3-2-4-9(10)8-6-7-8/h2-5,8,11H,6-7H2,1H3,(H2,14,15,16,17). The minimum absolute atomic E-state index is 0.0151. The summed E-state index contributed by atoms with van der Waals surface area (Å²) in [7, 11) is 1.66. The Morgan fingerprint density at radius 2 is 1.94 bits per heavy atom. The van der Waals surface area contributed by atoms with Crippen LogP contribution in [-0.2, 0) is 4.79 Å². The Hall–Kier alpha value is -1.84. The molecular weight excluding hydrogens is 214 g/mol. The topological polar surface area (TPSA) is 53.5 Å². The van der Waals surface area contributed by atoms with E-state index in [2.05, 4.69) is 21.7 Å². The average molecular weight is 229 g/mol. The predicted molar refractivity (Wildman–Crippen MR) is 65.8 cm³/mol. The van der Waals surface area contributed by atoms with Gasteiger partial charge in [0.15, 0.2) is 5.96 Å². The summed E-state index contributed by atoms with van der Waals surface area (Å²) in [6, 6.07) is 7.90. The van der Waals surface area contributed by atoms with Crippen molar-refractivity contribution in [2.45, 2.75) is 24.8 Å². The van der Waals surface area contributed by atoms with Crippen LogP contribution in [0.4, 0.5) is 0 Å². The van der Waals surface area contributed by atoms with Gasteiger partial charge >= 0.3 is 0 Å². The quantitative estimate of drug-likeness (QED) is 0.803. The van der Waals surface area contributed by atoms with Gasteiger partial charge in [0.25, 0.3) is 5.91 Å². The maximum absolute atomic E-state index is 11.9. The van der Waals surface area contributed by atoms with Crippen molar-refractivity contribution in [3.63, 3.8) is 0 Å². The fourth-order valence-corrected chi connectivity index (χ4v) is 2.31. The summed E-state index contributed by atoms with van der Waals surface area (Å²) in [6.45, 7) is 0. The van der Waals surface area contributed by atoms with Crippen molar-refractivity contribution < 1.29 is 4.79 Å². The van der Waals surface area contributed by atoms with E-state index < -0.39 is 0 Å². The zero-order valence-corrected chi connectivity index (χ0v) is 9.73. The number of carbonyl (C=O) groups is 1. The minimum atomic E-state index is -0.287. The van der Waals surface area contributed by atoms with Crippen LogP contribution in [-0.4, -0.2) is 18.9 Å². The van der Waals surface area contributed by atoms with Crippen LogP contribution >= 0.6 is 0 Å². The molecule has 1 aromatic rings. The summed E-state index contributed by atoms with van der Waals surface area (Å²) in [5, 5.41) is 5.86. The minimum Gasteiger partial charge on any atom is -0.340 e. The zero-order valence-electron chi connectivity index (χ0n) is 9.73. The van der Waals surface area contributed by atoms with Gasteiger partial charge in [0, 0.05) is 7.05 Å². The first-order chi connectivity index (χ1) is 8.29. The molecule has 2 N–H and O–H groups in total. The molecule has 0 spiro atoms. The van der Waals surface area contributed by atoms with E-state index in [-0.39, 0.29) is 11.9 Å². The Morgan fingerprint density at radius 3 is 2.53 bits per heavy atom. The van der Waals surface area contributed by atoms with E-state index in [9.17, 15) is 4.79 Å². The van der Waals surface area contributed by atoms with Crippen LogP contribution in [0.25, 0.3) is 0 Å². The fourth-order valence-electron chi connectivity index (χ4n) is 2.31. The first-order valence-electron chi connectivity index (χ1n) is 5.92. The molecule has 1 aliphatic carbocycles. The van der Waals surface area contributed by atoms with Gasteiger partial charge in [-0.3, -0.25) is 15.1 Å². The molecule has 1 unspecified atom stereocenters. The van der Waals surface area contributed by atoms with Crippen LogP contribution in [0.15, 0.2) is 29.3 Å². The van der Waals surface area contributed by atoms with Crippen molar-refractivity contribution in [1.82, 2.24) is 10.6 Å². The van der Waals surface area contributed by atoms with Gasteiger partial charge in [-0.05, 0) is 29.9 Å². The molecule has 0 bridgehead atoms. The van der Waals surface area contributed by atoms with Crippen LogP contribution in [0.1, 0.15) is 35.9 Å². The lowest BCUT2D eigenvalue weighted by atomic mass is 9.97. The number of nitrogens with zero attached hydrogens (tertiary/aromatic N) is 1. The highest BCUT2D eigenvalue weighted by molar-refractivity contribution is 6.06. The Morgan fingerprint density at radius 1 is 1.24 bits per heavy atom. The van der Waals surface area contributed by atoms with Gasteiger partial charge in [0.05, 0.1) is 0 Å². The van der Waals surface area contributed by atoms with Crippen LogP contribution in [0, 0.1) is 0 Å². The van der Waals surface area contributed by atoms with E-state index in [0.29, 0.717) is 11.9 Å². The van der Waals surface area contributed by atoms with Gasteiger partial charge in [-0.1, -0.05) is 24.3 Å². The molecule has 1 heterocycles. The first kappa shape index (κ1) is 10.3. The predicted octanol–water partition coefficient (Wildman–Crippen LogP) is 1.31. The monoisotopic (exact) mass is 229 g/mol. The summed E-state index contributed by atoms with van der Waals surface area (Å²) in [4.78, 5) is 15.9. The number of aliphatic imine (C=N–C) groups is 1. The molecule has 17 heavy (non-hydrogen) atoms. The number of hydrogen-bond donors (Lipinski definition) is 2. The molecule has 1 saturated heterocycles. The highest BCUT2D eigenvalue weighted by Crippen LogP contribution is 2.43. The summed E-state index contributed by atoms with van der Waals surface area (Å²) in [6.07, 6.45) is 2.47. The molecule has 0 radical (unpaired) electrons. The lowest BCUT2D eigenvalue weighted by Crippen LogP contribution is -2.24. The third-order valence-electron chi connectivity index (χ3n) is 3.33. The van der Waals surface area contributed by atoms with Gasteiger partial charge in [-0.25, -0.2) is 0 Å². The number of rotatable bonds is 2. The SMILES string of the molecule is CN=C1NC(=O)C(c2ccccc2C2CC2)N1. The molecule has 2 fully saturated rings. The summed E-state index contributed by atoms with van der Waals surface area (Å²) < 4.78 is 0. The third-order valence-corrected chi connectivity index (χ3v) is 3.33. The van der Waals surface area contributed by atoms with E-state index in [0.717, 1.165) is 5.56 Å². The highest BCUT2D eigenvalue weighted by Gasteiger charge is 2.34. The molecule has 1 saturated carbocycles. The number of amides is 1. The summed E-state index contributed by atoms with van der Waals surface area (Å²) in [5.41, 5.74) is 2.39. The Kier molecular flexibility index (Phi) is 2.35. The largest absolute Gasteiger partial charge is 0.340 e. The first-order valence-corrected chi connectivity index (χ1v) is 5.92.